The van der Waals surface area contributed by atoms with Gasteiger partial charge in [0.2, 0.25) is 5.91 Å². The Balaban J connectivity index is 1.50. The number of aromatic nitrogens is 2. The third-order valence-corrected chi connectivity index (χ3v) is 7.25. The summed E-state index contributed by atoms with van der Waals surface area (Å²) in [5.74, 6) is -0.153. The number of amides is 1. The number of aryl methyl sites for hydroxylation is 2. The minimum absolute atomic E-state index is 0.0996. The summed E-state index contributed by atoms with van der Waals surface area (Å²) in [6.45, 7) is 0. The van der Waals surface area contributed by atoms with E-state index in [2.05, 4.69) is 15.3 Å². The molecule has 0 radical (unpaired) electrons. The highest BCUT2D eigenvalue weighted by Crippen LogP contribution is 2.34. The maximum absolute atomic E-state index is 12.5. The van der Waals surface area contributed by atoms with Crippen LogP contribution >= 0.6 is 46.3 Å². The first-order valence-corrected chi connectivity index (χ1v) is 11.0. The van der Waals surface area contributed by atoms with Gasteiger partial charge in [-0.05, 0) is 43.4 Å². The lowest BCUT2D eigenvalue weighted by Gasteiger charge is -2.09. The Morgan fingerprint density at radius 1 is 1.30 bits per heavy atom. The average Bonchev–Trinajstić information content (AvgIpc) is 3.02. The number of hydrogen-bond donors (Lipinski definition) is 2. The molecule has 5 nitrogen and oxygen atoms in total. The topological polar surface area (TPSA) is 74.8 Å². The number of nitrogens with one attached hydrogen (secondary N) is 2. The molecule has 0 atom stereocenters. The van der Waals surface area contributed by atoms with Gasteiger partial charge < -0.3 is 10.3 Å². The van der Waals surface area contributed by atoms with Crippen LogP contribution in [0.15, 0.2) is 28.2 Å². The molecule has 27 heavy (non-hydrogen) atoms. The second kappa shape index (κ2) is 7.83. The number of H-pyrrole nitrogens is 1. The first-order valence-electron chi connectivity index (χ1n) is 8.44. The van der Waals surface area contributed by atoms with Gasteiger partial charge in [0.1, 0.15) is 4.83 Å². The van der Waals surface area contributed by atoms with Crippen LogP contribution in [-0.2, 0) is 17.6 Å². The number of anilines is 1. The van der Waals surface area contributed by atoms with Gasteiger partial charge in [0, 0.05) is 4.88 Å². The van der Waals surface area contributed by atoms with Gasteiger partial charge in [0.15, 0.2) is 5.16 Å². The van der Waals surface area contributed by atoms with E-state index in [0.717, 1.165) is 36.1 Å². The van der Waals surface area contributed by atoms with Crippen LogP contribution < -0.4 is 10.9 Å². The van der Waals surface area contributed by atoms with Crippen molar-refractivity contribution in [2.75, 3.05) is 11.1 Å². The summed E-state index contributed by atoms with van der Waals surface area (Å²) in [7, 11) is 0. The Morgan fingerprint density at radius 2 is 2.11 bits per heavy atom. The minimum Gasteiger partial charge on any atom is -0.324 e. The molecule has 1 aliphatic carbocycles. The van der Waals surface area contributed by atoms with E-state index in [1.165, 1.54) is 16.6 Å². The second-order valence-electron chi connectivity index (χ2n) is 6.20. The number of carbonyl (C=O) groups excluding carboxylic acids is 1. The minimum atomic E-state index is -0.252. The van der Waals surface area contributed by atoms with Gasteiger partial charge in [0.05, 0.1) is 26.9 Å². The Bertz CT molecular complexity index is 1090. The predicted octanol–water partition coefficient (Wildman–Crippen LogP) is 4.90. The third-order valence-electron chi connectivity index (χ3n) is 4.37. The van der Waals surface area contributed by atoms with Crippen LogP contribution in [0.25, 0.3) is 10.2 Å². The van der Waals surface area contributed by atoms with Gasteiger partial charge in [-0.2, -0.15) is 0 Å². The van der Waals surface area contributed by atoms with Crippen molar-refractivity contribution in [3.63, 3.8) is 0 Å². The molecule has 1 aromatic carbocycles. The van der Waals surface area contributed by atoms with Crippen LogP contribution in [0.3, 0.4) is 0 Å². The van der Waals surface area contributed by atoms with E-state index in [4.69, 9.17) is 23.2 Å². The molecule has 0 bridgehead atoms. The SMILES string of the molecule is O=C(CSc1nc2sc3c(c2c(=O)[nH]1)CCCC3)Nc1cccc(Cl)c1Cl. The zero-order valence-electron chi connectivity index (χ0n) is 14.1. The normalized spacial score (nSPS) is 13.6. The van der Waals surface area contributed by atoms with Crippen LogP contribution in [0.1, 0.15) is 23.3 Å². The summed E-state index contributed by atoms with van der Waals surface area (Å²) in [5, 5.41) is 4.56. The number of rotatable bonds is 4. The van der Waals surface area contributed by atoms with Crippen molar-refractivity contribution in [2.24, 2.45) is 0 Å². The summed E-state index contributed by atoms with van der Waals surface area (Å²) < 4.78 is 0. The van der Waals surface area contributed by atoms with Crippen molar-refractivity contribution in [3.8, 4) is 0 Å². The fourth-order valence-electron chi connectivity index (χ4n) is 3.13. The van der Waals surface area contributed by atoms with Crippen LogP contribution in [0.5, 0.6) is 0 Å². The number of carbonyl (C=O) groups is 1. The molecule has 1 aliphatic rings. The van der Waals surface area contributed by atoms with Crippen LogP contribution in [0.2, 0.25) is 10.0 Å². The smallest absolute Gasteiger partial charge is 0.260 e. The molecule has 0 saturated carbocycles. The zero-order chi connectivity index (χ0) is 19.0. The maximum Gasteiger partial charge on any atom is 0.260 e. The molecule has 1 amide bonds. The standard InChI is InChI=1S/C18H15Cl2N3O2S2/c19-10-5-3-6-11(15(10)20)21-13(24)8-26-18-22-16(25)14-9-4-1-2-7-12(9)27-17(14)23-18/h3,5-6H,1-2,4,7-8H2,(H,21,24)(H,22,23,25). The van der Waals surface area contributed by atoms with Crippen LogP contribution in [0, 0.1) is 0 Å². The van der Waals surface area contributed by atoms with Crippen molar-refractivity contribution in [2.45, 2.75) is 30.8 Å². The Hall–Kier alpha value is -1.54. The Labute approximate surface area is 173 Å². The zero-order valence-corrected chi connectivity index (χ0v) is 17.2. The molecule has 0 spiro atoms. The van der Waals surface area contributed by atoms with E-state index in [1.807, 2.05) is 0 Å². The highest BCUT2D eigenvalue weighted by molar-refractivity contribution is 7.99. The number of halogens is 2. The van der Waals surface area contributed by atoms with E-state index >= 15 is 0 Å². The molecular weight excluding hydrogens is 425 g/mol. The van der Waals surface area contributed by atoms with E-state index < -0.39 is 0 Å². The lowest BCUT2D eigenvalue weighted by Crippen LogP contribution is -2.16. The fraction of sp³-hybridized carbons (Fsp3) is 0.278. The quantitative estimate of drug-likeness (QED) is 0.447. The van der Waals surface area contributed by atoms with Crippen molar-refractivity contribution in [1.82, 2.24) is 9.97 Å². The number of thioether (sulfide) groups is 1. The third kappa shape index (κ3) is 3.87. The van der Waals surface area contributed by atoms with Crippen molar-refractivity contribution in [1.29, 1.82) is 0 Å². The van der Waals surface area contributed by atoms with Crippen LogP contribution in [0.4, 0.5) is 5.69 Å². The summed E-state index contributed by atoms with van der Waals surface area (Å²) in [6, 6.07) is 5.04. The van der Waals surface area contributed by atoms with Crippen molar-refractivity contribution < 1.29 is 4.79 Å². The van der Waals surface area contributed by atoms with Gasteiger partial charge in [-0.15, -0.1) is 11.3 Å². The molecule has 2 aromatic heterocycles. The first-order chi connectivity index (χ1) is 13.0. The van der Waals surface area contributed by atoms with E-state index in [1.54, 1.807) is 29.5 Å². The molecule has 0 aliphatic heterocycles. The lowest BCUT2D eigenvalue weighted by atomic mass is 9.97. The van der Waals surface area contributed by atoms with Gasteiger partial charge >= 0.3 is 0 Å². The van der Waals surface area contributed by atoms with E-state index in [9.17, 15) is 9.59 Å². The average molecular weight is 440 g/mol. The maximum atomic E-state index is 12.5. The molecule has 4 rings (SSSR count). The lowest BCUT2D eigenvalue weighted by molar-refractivity contribution is -0.113. The first kappa shape index (κ1) is 18.8. The Kier molecular flexibility index (Phi) is 5.45. The molecule has 2 N–H and O–H groups in total. The summed E-state index contributed by atoms with van der Waals surface area (Å²) in [6.07, 6.45) is 4.23. The molecule has 140 valence electrons. The highest BCUT2D eigenvalue weighted by atomic mass is 35.5. The van der Waals surface area contributed by atoms with Crippen molar-refractivity contribution in [3.05, 3.63) is 49.0 Å². The molecule has 3 aromatic rings. The number of nitrogens with zero attached hydrogens (tertiary/aromatic N) is 1. The predicted molar refractivity (Wildman–Crippen MR) is 113 cm³/mol. The number of benzene rings is 1. The van der Waals surface area contributed by atoms with Gasteiger partial charge in [-0.1, -0.05) is 41.0 Å². The molecule has 0 saturated heterocycles. The fourth-order valence-corrected chi connectivity index (χ4v) is 5.46. The van der Waals surface area contributed by atoms with Crippen LogP contribution in [-0.4, -0.2) is 21.6 Å². The number of hydrogen-bond acceptors (Lipinski definition) is 5. The molecule has 0 unspecified atom stereocenters. The summed E-state index contributed by atoms with van der Waals surface area (Å²) in [4.78, 5) is 34.1. The number of fused-ring (bicyclic) bond motifs is 3. The summed E-state index contributed by atoms with van der Waals surface area (Å²) in [5.41, 5.74) is 1.48. The molecule has 9 heteroatoms. The largest absolute Gasteiger partial charge is 0.324 e. The number of aromatic amines is 1. The molecule has 0 fully saturated rings. The van der Waals surface area contributed by atoms with Crippen molar-refractivity contribution >= 4 is 68.1 Å². The monoisotopic (exact) mass is 439 g/mol. The highest BCUT2D eigenvalue weighted by Gasteiger charge is 2.20. The Morgan fingerprint density at radius 3 is 2.96 bits per heavy atom. The van der Waals surface area contributed by atoms with E-state index in [-0.39, 0.29) is 17.2 Å². The second-order valence-corrected chi connectivity index (χ2v) is 9.03. The van der Waals surface area contributed by atoms with Gasteiger partial charge in [-0.25, -0.2) is 4.98 Å². The van der Waals surface area contributed by atoms with Gasteiger partial charge in [-0.3, -0.25) is 9.59 Å². The molecule has 2 heterocycles. The van der Waals surface area contributed by atoms with Gasteiger partial charge in [0.25, 0.3) is 5.56 Å². The molecular formula is C18H15Cl2N3O2S2. The number of thiophene rings is 1. The van der Waals surface area contributed by atoms with E-state index in [0.29, 0.717) is 26.3 Å². The summed E-state index contributed by atoms with van der Waals surface area (Å²) >= 11 is 14.8.